The molecule has 0 unspecified atom stereocenters. The van der Waals surface area contributed by atoms with Gasteiger partial charge in [-0.1, -0.05) is 0 Å². The highest BCUT2D eigenvalue weighted by atomic mass is 35.5. The average molecular weight is 198 g/mol. The minimum Gasteiger partial charge on any atom is -1.00 e. The van der Waals surface area contributed by atoms with Crippen LogP contribution in [0.5, 0.6) is 0 Å². The number of halogens is 1. The molecule has 0 saturated heterocycles. The summed E-state index contributed by atoms with van der Waals surface area (Å²) in [6, 6.07) is 0. The lowest BCUT2D eigenvalue weighted by Crippen LogP contribution is -3.00. The summed E-state index contributed by atoms with van der Waals surface area (Å²) in [5, 5.41) is 0. The molecule has 0 rings (SSSR count). The molecule has 0 fully saturated rings. The molecule has 12 heavy (non-hydrogen) atoms. The zero-order chi connectivity index (χ0) is 8.53. The Morgan fingerprint density at radius 2 is 1.67 bits per heavy atom. The molecule has 3 nitrogen and oxygen atoms in total. The van der Waals surface area contributed by atoms with E-state index in [1.807, 2.05) is 0 Å². The van der Waals surface area contributed by atoms with E-state index in [0.717, 1.165) is 13.0 Å². The molecule has 0 radical (unpaired) electrons. The lowest BCUT2D eigenvalue weighted by Gasteiger charge is -2.11. The van der Waals surface area contributed by atoms with Crippen molar-refractivity contribution in [3.63, 3.8) is 0 Å². The summed E-state index contributed by atoms with van der Waals surface area (Å²) < 4.78 is 10.1. The molecule has 0 saturated carbocycles. The normalized spacial score (nSPS) is 10.0. The molecule has 0 aromatic rings. The van der Waals surface area contributed by atoms with Crippen molar-refractivity contribution < 1.29 is 27.6 Å². The first-order chi connectivity index (χ1) is 5.35. The number of rotatable bonds is 7. The second kappa shape index (κ2) is 11.2. The SMILES string of the molecule is COC(CCCCC[NH3+])OC.[Cl-]. The van der Waals surface area contributed by atoms with E-state index in [1.165, 1.54) is 19.3 Å². The highest BCUT2D eigenvalue weighted by molar-refractivity contribution is 4.45. The van der Waals surface area contributed by atoms with Gasteiger partial charge in [0.1, 0.15) is 0 Å². The van der Waals surface area contributed by atoms with Crippen LogP contribution in [0.1, 0.15) is 25.7 Å². The number of unbranched alkanes of at least 4 members (excludes halogenated alkanes) is 2. The molecule has 0 aromatic carbocycles. The standard InChI is InChI=1S/C8H19NO2.ClH/c1-10-8(11-2)6-4-3-5-7-9;/h8H,3-7,9H2,1-2H3;1H. The van der Waals surface area contributed by atoms with Crippen LogP contribution in [0.25, 0.3) is 0 Å². The lowest BCUT2D eigenvalue weighted by atomic mass is 10.2. The largest absolute Gasteiger partial charge is 1.00 e. The van der Waals surface area contributed by atoms with Crippen molar-refractivity contribution in [2.75, 3.05) is 20.8 Å². The Labute approximate surface area is 81.0 Å². The van der Waals surface area contributed by atoms with Crippen LogP contribution in [-0.2, 0) is 9.47 Å². The van der Waals surface area contributed by atoms with Gasteiger partial charge in [-0.3, -0.25) is 0 Å². The fraction of sp³-hybridized carbons (Fsp3) is 1.00. The summed E-state index contributed by atoms with van der Waals surface area (Å²) in [5.41, 5.74) is 3.78. The Hall–Kier alpha value is 0.170. The molecule has 0 atom stereocenters. The molecule has 0 aliphatic heterocycles. The maximum Gasteiger partial charge on any atom is 0.156 e. The Morgan fingerprint density at radius 1 is 1.08 bits per heavy atom. The summed E-state index contributed by atoms with van der Waals surface area (Å²) in [6.07, 6.45) is 4.58. The van der Waals surface area contributed by atoms with E-state index in [0.29, 0.717) is 0 Å². The fourth-order valence-electron chi connectivity index (χ4n) is 0.996. The third-order valence-corrected chi connectivity index (χ3v) is 1.72. The number of ether oxygens (including phenoxy) is 2. The van der Waals surface area contributed by atoms with Gasteiger partial charge in [-0.25, -0.2) is 0 Å². The van der Waals surface area contributed by atoms with Crippen LogP contribution >= 0.6 is 0 Å². The average Bonchev–Trinajstić information content (AvgIpc) is 2.05. The minimum absolute atomic E-state index is 0. The topological polar surface area (TPSA) is 46.1 Å². The van der Waals surface area contributed by atoms with Crippen LogP contribution in [0, 0.1) is 0 Å². The molecule has 4 heteroatoms. The Morgan fingerprint density at radius 3 is 2.08 bits per heavy atom. The van der Waals surface area contributed by atoms with Crippen molar-refractivity contribution in [3.05, 3.63) is 0 Å². The summed E-state index contributed by atoms with van der Waals surface area (Å²) >= 11 is 0. The summed E-state index contributed by atoms with van der Waals surface area (Å²) in [6.45, 7) is 1.03. The lowest BCUT2D eigenvalue weighted by molar-refractivity contribution is -0.368. The molecule has 0 spiro atoms. The first kappa shape index (κ1) is 14.7. The molecule has 0 heterocycles. The molecule has 0 bridgehead atoms. The van der Waals surface area contributed by atoms with Gasteiger partial charge in [0.2, 0.25) is 0 Å². The van der Waals surface area contributed by atoms with Crippen molar-refractivity contribution >= 4 is 0 Å². The maximum atomic E-state index is 5.04. The molecule has 3 N–H and O–H groups in total. The molecular weight excluding hydrogens is 178 g/mol. The second-order valence-corrected chi connectivity index (χ2v) is 2.60. The number of quaternary nitrogens is 1. The van der Waals surface area contributed by atoms with Crippen molar-refractivity contribution in [1.82, 2.24) is 0 Å². The van der Waals surface area contributed by atoms with Gasteiger partial charge in [0.05, 0.1) is 6.54 Å². The monoisotopic (exact) mass is 197 g/mol. The molecule has 0 amide bonds. The Bertz CT molecular complexity index is 79.5. The second-order valence-electron chi connectivity index (χ2n) is 2.60. The fourth-order valence-corrected chi connectivity index (χ4v) is 0.996. The third kappa shape index (κ3) is 8.27. The van der Waals surface area contributed by atoms with Gasteiger partial charge < -0.3 is 27.6 Å². The van der Waals surface area contributed by atoms with E-state index in [-0.39, 0.29) is 18.7 Å². The van der Waals surface area contributed by atoms with E-state index in [2.05, 4.69) is 5.73 Å². The van der Waals surface area contributed by atoms with E-state index in [4.69, 9.17) is 9.47 Å². The van der Waals surface area contributed by atoms with Gasteiger partial charge in [-0.05, 0) is 25.7 Å². The van der Waals surface area contributed by atoms with E-state index >= 15 is 0 Å². The van der Waals surface area contributed by atoms with Crippen molar-refractivity contribution in [1.29, 1.82) is 0 Å². The van der Waals surface area contributed by atoms with Gasteiger partial charge in [-0.15, -0.1) is 0 Å². The van der Waals surface area contributed by atoms with Gasteiger partial charge in [-0.2, -0.15) is 0 Å². The zero-order valence-electron chi connectivity index (χ0n) is 8.01. The van der Waals surface area contributed by atoms with Crippen LogP contribution in [0.2, 0.25) is 0 Å². The Kier molecular flexibility index (Phi) is 13.7. The van der Waals surface area contributed by atoms with Crippen LogP contribution in [-0.4, -0.2) is 27.1 Å². The predicted molar refractivity (Wildman–Crippen MR) is 44.0 cm³/mol. The first-order valence-electron chi connectivity index (χ1n) is 4.20. The molecule has 0 aromatic heterocycles. The van der Waals surface area contributed by atoms with Gasteiger partial charge in [0, 0.05) is 14.2 Å². The van der Waals surface area contributed by atoms with E-state index < -0.39 is 0 Å². The summed E-state index contributed by atoms with van der Waals surface area (Å²) in [5.74, 6) is 0. The van der Waals surface area contributed by atoms with Crippen LogP contribution in [0.3, 0.4) is 0 Å². The quantitative estimate of drug-likeness (QED) is 0.360. The van der Waals surface area contributed by atoms with Crippen LogP contribution < -0.4 is 18.1 Å². The van der Waals surface area contributed by atoms with Gasteiger partial charge >= 0.3 is 0 Å². The highest BCUT2D eigenvalue weighted by Gasteiger charge is 2.02. The molecular formula is C8H20ClNO2. The Balaban J connectivity index is 0. The summed E-state index contributed by atoms with van der Waals surface area (Å²) in [7, 11) is 3.35. The van der Waals surface area contributed by atoms with Crippen molar-refractivity contribution in [2.45, 2.75) is 32.0 Å². The number of hydrogen-bond acceptors (Lipinski definition) is 2. The highest BCUT2D eigenvalue weighted by Crippen LogP contribution is 2.05. The predicted octanol–water partition coefficient (Wildman–Crippen LogP) is -2.59. The maximum absolute atomic E-state index is 5.04. The number of hydrogen-bond donors (Lipinski definition) is 1. The molecule has 76 valence electrons. The van der Waals surface area contributed by atoms with Crippen molar-refractivity contribution in [2.24, 2.45) is 0 Å². The summed E-state index contributed by atoms with van der Waals surface area (Å²) in [4.78, 5) is 0. The van der Waals surface area contributed by atoms with Crippen LogP contribution in [0.4, 0.5) is 0 Å². The van der Waals surface area contributed by atoms with Gasteiger partial charge in [0.15, 0.2) is 6.29 Å². The molecule has 0 aliphatic rings. The van der Waals surface area contributed by atoms with Crippen LogP contribution in [0.15, 0.2) is 0 Å². The molecule has 0 aliphatic carbocycles. The third-order valence-electron chi connectivity index (χ3n) is 1.72. The van der Waals surface area contributed by atoms with Crippen molar-refractivity contribution in [3.8, 4) is 0 Å². The smallest absolute Gasteiger partial charge is 0.156 e. The van der Waals surface area contributed by atoms with E-state index in [9.17, 15) is 0 Å². The number of methoxy groups -OCH3 is 2. The minimum atomic E-state index is -0.0141. The van der Waals surface area contributed by atoms with E-state index in [1.54, 1.807) is 14.2 Å². The first-order valence-corrected chi connectivity index (χ1v) is 4.20. The van der Waals surface area contributed by atoms with Gasteiger partial charge in [0.25, 0.3) is 0 Å². The zero-order valence-corrected chi connectivity index (χ0v) is 8.77.